The third-order valence-corrected chi connectivity index (χ3v) is 9.45. The van der Waals surface area contributed by atoms with Gasteiger partial charge in [0.2, 0.25) is 0 Å². The Hall–Kier alpha value is -6.14. The summed E-state index contributed by atoms with van der Waals surface area (Å²) in [4.78, 5) is 17.2. The number of hydrogen-bond donors (Lipinski definition) is 0. The van der Waals surface area contributed by atoms with Crippen LogP contribution in [0.4, 0.5) is 34.1 Å². The van der Waals surface area contributed by atoms with Crippen LogP contribution in [0.2, 0.25) is 0 Å². The minimum atomic E-state index is -0.113. The number of rotatable bonds is 2. The maximum atomic E-state index is 4.89. The zero-order valence-corrected chi connectivity index (χ0v) is 24.8. The van der Waals surface area contributed by atoms with Crippen molar-refractivity contribution in [2.24, 2.45) is 0 Å². The molecule has 1 aromatic heterocycles. The van der Waals surface area contributed by atoms with Crippen molar-refractivity contribution < 1.29 is 0 Å². The van der Waals surface area contributed by atoms with E-state index in [-0.39, 0.29) is 7.12 Å². The molecule has 0 atom stereocenters. The van der Waals surface area contributed by atoms with E-state index in [9.17, 15) is 0 Å². The molecule has 0 unspecified atom stereocenters. The fourth-order valence-electron chi connectivity index (χ4n) is 7.57. The molecule has 3 aliphatic rings. The Bertz CT molecular complexity index is 2300. The highest BCUT2D eigenvalue weighted by Gasteiger charge is 2.53. The summed E-state index contributed by atoms with van der Waals surface area (Å²) >= 11 is 0. The van der Waals surface area contributed by atoms with E-state index in [4.69, 9.17) is 9.97 Å². The standard InChI is InChI=1S/C40H26BN5/c1-2-12-27(13-3-1)44-35-18-8-10-20-37(35)46-38-21-11-9-19-36(38)45(41(44)46)28-22-23-31-29-14-4-6-16-32(29)39-40(43-25-24-42-39)33-17-7-5-15-30(33)34(31)26-28/h1-26H. The maximum absolute atomic E-state index is 4.89. The van der Waals surface area contributed by atoms with Gasteiger partial charge in [0.1, 0.15) is 0 Å². The third kappa shape index (κ3) is 3.47. The van der Waals surface area contributed by atoms with Gasteiger partial charge in [-0.3, -0.25) is 9.97 Å². The molecule has 0 amide bonds. The van der Waals surface area contributed by atoms with Gasteiger partial charge in [-0.05, 0) is 70.8 Å². The summed E-state index contributed by atoms with van der Waals surface area (Å²) in [6.07, 6.45) is 3.58. The highest BCUT2D eigenvalue weighted by Crippen LogP contribution is 2.56. The molecule has 214 valence electrons. The predicted octanol–water partition coefficient (Wildman–Crippen LogP) is 9.88. The smallest absolute Gasteiger partial charge is 0.344 e. The molecule has 0 radical (unpaired) electrons. The lowest BCUT2D eigenvalue weighted by molar-refractivity contribution is 1.21. The van der Waals surface area contributed by atoms with Gasteiger partial charge in [0.15, 0.2) is 0 Å². The second kappa shape index (κ2) is 9.68. The summed E-state index contributed by atoms with van der Waals surface area (Å²) in [5.41, 5.74) is 15.7. The Morgan fingerprint density at radius 3 is 1.37 bits per heavy atom. The van der Waals surface area contributed by atoms with Crippen LogP contribution in [0.3, 0.4) is 0 Å². The quantitative estimate of drug-likeness (QED) is 0.188. The van der Waals surface area contributed by atoms with Gasteiger partial charge in [-0.25, -0.2) is 0 Å². The van der Waals surface area contributed by atoms with Crippen LogP contribution in [0.25, 0.3) is 44.8 Å². The third-order valence-electron chi connectivity index (χ3n) is 9.45. The van der Waals surface area contributed by atoms with Gasteiger partial charge in [0.05, 0.1) is 34.1 Å². The van der Waals surface area contributed by atoms with Crippen molar-refractivity contribution in [3.05, 3.63) is 158 Å². The average molecular weight is 587 g/mol. The molecule has 0 spiro atoms. The number of para-hydroxylation sites is 5. The molecule has 7 aromatic rings. The minimum Gasteiger partial charge on any atom is -0.344 e. The van der Waals surface area contributed by atoms with E-state index in [0.29, 0.717) is 0 Å². The first kappa shape index (κ1) is 25.2. The largest absolute Gasteiger partial charge is 0.519 e. The molecule has 3 heterocycles. The lowest BCUT2D eigenvalue weighted by Gasteiger charge is -2.32. The normalized spacial score (nSPS) is 13.5. The van der Waals surface area contributed by atoms with Crippen molar-refractivity contribution in [3.63, 3.8) is 0 Å². The van der Waals surface area contributed by atoms with Crippen LogP contribution >= 0.6 is 0 Å². The van der Waals surface area contributed by atoms with Crippen LogP contribution in [0.15, 0.2) is 158 Å². The Balaban J connectivity index is 1.24. The molecule has 5 nitrogen and oxygen atoms in total. The summed E-state index contributed by atoms with van der Waals surface area (Å²) in [5, 5.41) is 0. The minimum absolute atomic E-state index is 0.113. The van der Waals surface area contributed by atoms with E-state index in [2.05, 4.69) is 160 Å². The topological polar surface area (TPSA) is 35.5 Å². The second-order valence-electron chi connectivity index (χ2n) is 11.8. The van der Waals surface area contributed by atoms with Crippen molar-refractivity contribution in [2.45, 2.75) is 0 Å². The molecule has 1 aliphatic carbocycles. The fraction of sp³-hybridized carbons (Fsp3) is 0. The van der Waals surface area contributed by atoms with Crippen LogP contribution in [0.5, 0.6) is 0 Å². The molecule has 0 fully saturated rings. The molecule has 0 saturated carbocycles. The van der Waals surface area contributed by atoms with Crippen LogP contribution in [-0.2, 0) is 0 Å². The highest BCUT2D eigenvalue weighted by atomic mass is 15.4. The molecule has 6 aromatic carbocycles. The molecular formula is C40H26BN5. The van der Waals surface area contributed by atoms with E-state index in [0.717, 1.165) is 45.0 Å². The van der Waals surface area contributed by atoms with E-state index >= 15 is 0 Å². The first-order valence-electron chi connectivity index (χ1n) is 15.6. The predicted molar refractivity (Wildman–Crippen MR) is 189 cm³/mol. The average Bonchev–Trinajstić information content (AvgIpc) is 3.64. The van der Waals surface area contributed by atoms with Gasteiger partial charge in [-0.1, -0.05) is 97.1 Å². The summed E-state index contributed by atoms with van der Waals surface area (Å²) in [5.74, 6) is 0. The number of benzene rings is 6. The van der Waals surface area contributed by atoms with E-state index in [1.807, 2.05) is 0 Å². The molecule has 0 N–H and O–H groups in total. The van der Waals surface area contributed by atoms with Crippen molar-refractivity contribution in [1.82, 2.24) is 9.97 Å². The molecule has 2 aliphatic heterocycles. The molecule has 0 saturated heterocycles. The van der Waals surface area contributed by atoms with Crippen molar-refractivity contribution in [1.29, 1.82) is 0 Å². The Morgan fingerprint density at radius 1 is 0.348 bits per heavy atom. The summed E-state index contributed by atoms with van der Waals surface area (Å²) in [6, 6.07) is 52.3. The summed E-state index contributed by atoms with van der Waals surface area (Å²) in [6.45, 7) is 0. The Morgan fingerprint density at radius 2 is 0.783 bits per heavy atom. The molecule has 0 bridgehead atoms. The fourth-order valence-corrected chi connectivity index (χ4v) is 7.57. The number of hydrogen-bond acceptors (Lipinski definition) is 5. The van der Waals surface area contributed by atoms with Crippen molar-refractivity contribution >= 4 is 41.2 Å². The highest BCUT2D eigenvalue weighted by molar-refractivity contribution is 6.80. The first-order valence-corrected chi connectivity index (χ1v) is 15.6. The van der Waals surface area contributed by atoms with Crippen LogP contribution in [0, 0.1) is 0 Å². The number of fused-ring (bicyclic) bond motifs is 13. The zero-order chi connectivity index (χ0) is 30.2. The van der Waals surface area contributed by atoms with Crippen molar-refractivity contribution in [2.75, 3.05) is 14.4 Å². The number of anilines is 6. The van der Waals surface area contributed by atoms with Gasteiger partial charge in [-0.15, -0.1) is 0 Å². The van der Waals surface area contributed by atoms with Crippen LogP contribution < -0.4 is 14.4 Å². The first-order chi connectivity index (χ1) is 22.9. The SMILES string of the molecule is c1ccc(N2B3N(c4ccc5c(c4)-c4ccccc4-c4nccnc4-c4ccccc4-5)c4ccccc4N3c3ccccc32)cc1. The molecule has 6 heteroatoms. The monoisotopic (exact) mass is 587 g/mol. The maximum Gasteiger partial charge on any atom is 0.519 e. The second-order valence-corrected chi connectivity index (χ2v) is 11.8. The van der Waals surface area contributed by atoms with E-state index in [1.165, 1.54) is 33.9 Å². The number of nitrogens with zero attached hydrogens (tertiary/aromatic N) is 5. The molecule has 46 heavy (non-hydrogen) atoms. The summed E-state index contributed by atoms with van der Waals surface area (Å²) in [7, 11) is -0.113. The van der Waals surface area contributed by atoms with Gasteiger partial charge >= 0.3 is 7.12 Å². The summed E-state index contributed by atoms with van der Waals surface area (Å²) < 4.78 is 0. The van der Waals surface area contributed by atoms with Crippen molar-refractivity contribution in [3.8, 4) is 44.8 Å². The lowest BCUT2D eigenvalue weighted by atomic mass is 9.82. The lowest BCUT2D eigenvalue weighted by Crippen LogP contribution is -2.51. The van der Waals surface area contributed by atoms with Crippen LogP contribution in [-0.4, -0.2) is 17.1 Å². The molecule has 10 rings (SSSR count). The Kier molecular flexibility index (Phi) is 5.31. The van der Waals surface area contributed by atoms with E-state index in [1.54, 1.807) is 12.4 Å². The Labute approximate surface area is 267 Å². The zero-order valence-electron chi connectivity index (χ0n) is 24.8. The van der Waals surface area contributed by atoms with Gasteiger partial charge in [-0.2, -0.15) is 0 Å². The van der Waals surface area contributed by atoms with Gasteiger partial charge < -0.3 is 14.4 Å². The van der Waals surface area contributed by atoms with Crippen LogP contribution in [0.1, 0.15) is 0 Å². The van der Waals surface area contributed by atoms with Gasteiger partial charge in [0.25, 0.3) is 0 Å². The number of aromatic nitrogens is 2. The van der Waals surface area contributed by atoms with Gasteiger partial charge in [0, 0.05) is 34.9 Å². The van der Waals surface area contributed by atoms with E-state index < -0.39 is 0 Å². The molecular weight excluding hydrogens is 561 g/mol.